The SMILES string of the molecule is CC(=O)OCc1cccc2ccc(CO[C@H]3[C@@H]4OC[C@@H]3O[C@H]4n3ccc(=O)[nH]c3=O)cc12. The van der Waals surface area contributed by atoms with E-state index < -0.39 is 23.6 Å². The minimum Gasteiger partial charge on any atom is -0.461 e. The predicted octanol–water partition coefficient (Wildman–Crippen LogP) is 1.63. The van der Waals surface area contributed by atoms with E-state index in [1.165, 1.54) is 23.8 Å². The van der Waals surface area contributed by atoms with Crippen molar-refractivity contribution in [2.45, 2.75) is 44.7 Å². The fourth-order valence-corrected chi connectivity index (χ4v) is 4.25. The van der Waals surface area contributed by atoms with Crippen molar-refractivity contribution in [2.75, 3.05) is 6.61 Å². The Balaban J connectivity index is 1.32. The van der Waals surface area contributed by atoms with Gasteiger partial charge < -0.3 is 18.9 Å². The molecular weight excluding hydrogens is 416 g/mol. The van der Waals surface area contributed by atoms with E-state index >= 15 is 0 Å². The van der Waals surface area contributed by atoms with Crippen LogP contribution in [0.25, 0.3) is 10.8 Å². The number of esters is 1. The molecule has 1 N–H and O–H groups in total. The van der Waals surface area contributed by atoms with E-state index in [0.717, 1.165) is 21.9 Å². The van der Waals surface area contributed by atoms with Gasteiger partial charge in [0.1, 0.15) is 24.9 Å². The summed E-state index contributed by atoms with van der Waals surface area (Å²) in [6.07, 6.45) is -0.353. The molecule has 2 fully saturated rings. The topological polar surface area (TPSA) is 109 Å². The first-order valence-corrected chi connectivity index (χ1v) is 10.3. The van der Waals surface area contributed by atoms with Crippen molar-refractivity contribution in [3.05, 3.63) is 80.6 Å². The molecule has 2 aliphatic heterocycles. The molecule has 4 atom stereocenters. The fourth-order valence-electron chi connectivity index (χ4n) is 4.25. The molecule has 2 bridgehead atoms. The number of aromatic amines is 1. The Hall–Kier alpha value is -3.27. The number of carbonyl (C=O) groups excluding carboxylic acids is 1. The van der Waals surface area contributed by atoms with Gasteiger partial charge in [0.25, 0.3) is 5.56 Å². The van der Waals surface area contributed by atoms with E-state index in [2.05, 4.69) is 4.98 Å². The highest BCUT2D eigenvalue weighted by atomic mass is 16.7. The molecule has 9 heteroatoms. The second kappa shape index (κ2) is 8.34. The van der Waals surface area contributed by atoms with Gasteiger partial charge in [-0.1, -0.05) is 30.3 Å². The van der Waals surface area contributed by atoms with Gasteiger partial charge in [-0.15, -0.1) is 0 Å². The lowest BCUT2D eigenvalue weighted by Gasteiger charge is -2.23. The van der Waals surface area contributed by atoms with E-state index in [1.54, 1.807) is 0 Å². The van der Waals surface area contributed by atoms with Crippen LogP contribution in [-0.2, 0) is 37.0 Å². The number of rotatable bonds is 6. The van der Waals surface area contributed by atoms with Crippen molar-refractivity contribution in [2.24, 2.45) is 0 Å². The minimum absolute atomic E-state index is 0.209. The normalized spacial score (nSPS) is 24.2. The number of aromatic nitrogens is 2. The lowest BCUT2D eigenvalue weighted by Crippen LogP contribution is -2.38. The molecule has 2 aromatic carbocycles. The average Bonchev–Trinajstić information content (AvgIpc) is 3.33. The summed E-state index contributed by atoms with van der Waals surface area (Å²) in [7, 11) is 0. The number of nitrogens with one attached hydrogen (secondary N) is 1. The molecular formula is C23H22N2O7. The first-order valence-electron chi connectivity index (χ1n) is 10.3. The second-order valence-electron chi connectivity index (χ2n) is 7.91. The molecule has 5 rings (SSSR count). The summed E-state index contributed by atoms with van der Waals surface area (Å²) in [6, 6.07) is 13.2. The van der Waals surface area contributed by atoms with Crippen LogP contribution in [0.5, 0.6) is 0 Å². The van der Waals surface area contributed by atoms with Crippen molar-refractivity contribution in [3.8, 4) is 0 Å². The predicted molar refractivity (Wildman–Crippen MR) is 113 cm³/mol. The molecule has 0 unspecified atom stereocenters. The summed E-state index contributed by atoms with van der Waals surface area (Å²) in [5, 5.41) is 2.04. The molecule has 166 valence electrons. The van der Waals surface area contributed by atoms with Crippen LogP contribution in [0.4, 0.5) is 0 Å². The van der Waals surface area contributed by atoms with Crippen molar-refractivity contribution in [1.82, 2.24) is 9.55 Å². The average molecular weight is 438 g/mol. The number of nitrogens with zero attached hydrogens (tertiary/aromatic N) is 1. The Morgan fingerprint density at radius 1 is 1.19 bits per heavy atom. The van der Waals surface area contributed by atoms with Crippen molar-refractivity contribution < 1.29 is 23.7 Å². The Bertz CT molecular complexity index is 1280. The molecule has 3 aromatic rings. The number of ether oxygens (including phenoxy) is 4. The highest BCUT2D eigenvalue weighted by Crippen LogP contribution is 2.38. The lowest BCUT2D eigenvalue weighted by molar-refractivity contribution is -0.142. The number of benzene rings is 2. The third kappa shape index (κ3) is 3.86. The van der Waals surface area contributed by atoms with Crippen molar-refractivity contribution in [3.63, 3.8) is 0 Å². The van der Waals surface area contributed by atoms with Gasteiger partial charge in [0.15, 0.2) is 6.23 Å². The van der Waals surface area contributed by atoms with E-state index in [4.69, 9.17) is 18.9 Å². The Morgan fingerprint density at radius 3 is 2.88 bits per heavy atom. The molecule has 0 saturated carbocycles. The maximum absolute atomic E-state index is 12.1. The summed E-state index contributed by atoms with van der Waals surface area (Å²) in [6.45, 7) is 2.31. The number of hydrogen-bond donors (Lipinski definition) is 1. The summed E-state index contributed by atoms with van der Waals surface area (Å²) >= 11 is 0. The zero-order valence-corrected chi connectivity index (χ0v) is 17.4. The number of hydrogen-bond acceptors (Lipinski definition) is 7. The zero-order valence-electron chi connectivity index (χ0n) is 17.4. The Kier molecular flexibility index (Phi) is 5.38. The van der Waals surface area contributed by atoms with Gasteiger partial charge >= 0.3 is 11.7 Å². The summed E-state index contributed by atoms with van der Waals surface area (Å²) < 4.78 is 24.4. The van der Waals surface area contributed by atoms with Gasteiger partial charge in [-0.05, 0) is 28.0 Å². The van der Waals surface area contributed by atoms with E-state index in [9.17, 15) is 14.4 Å². The van der Waals surface area contributed by atoms with Gasteiger partial charge in [0, 0.05) is 19.2 Å². The zero-order chi connectivity index (χ0) is 22.2. The maximum Gasteiger partial charge on any atom is 0.330 e. The third-order valence-electron chi connectivity index (χ3n) is 5.77. The Morgan fingerprint density at radius 2 is 2.06 bits per heavy atom. The largest absolute Gasteiger partial charge is 0.461 e. The second-order valence-corrected chi connectivity index (χ2v) is 7.91. The highest BCUT2D eigenvalue weighted by molar-refractivity contribution is 5.86. The van der Waals surface area contributed by atoms with Gasteiger partial charge in [-0.3, -0.25) is 19.1 Å². The van der Waals surface area contributed by atoms with Gasteiger partial charge in [0.2, 0.25) is 0 Å². The van der Waals surface area contributed by atoms with Crippen LogP contribution in [0.15, 0.2) is 58.3 Å². The van der Waals surface area contributed by atoms with Crippen LogP contribution in [0.1, 0.15) is 24.3 Å². The van der Waals surface area contributed by atoms with Crippen molar-refractivity contribution >= 4 is 16.7 Å². The van der Waals surface area contributed by atoms with E-state index in [0.29, 0.717) is 13.2 Å². The van der Waals surface area contributed by atoms with Crippen molar-refractivity contribution in [1.29, 1.82) is 0 Å². The summed E-state index contributed by atoms with van der Waals surface area (Å²) in [4.78, 5) is 36.9. The van der Waals surface area contributed by atoms with Crippen LogP contribution < -0.4 is 11.2 Å². The molecule has 1 aromatic heterocycles. The molecule has 2 saturated heterocycles. The fraction of sp³-hybridized carbons (Fsp3) is 0.348. The Labute approximate surface area is 182 Å². The highest BCUT2D eigenvalue weighted by Gasteiger charge is 2.52. The van der Waals surface area contributed by atoms with E-state index in [1.807, 2.05) is 36.4 Å². The summed E-state index contributed by atoms with van der Waals surface area (Å²) in [5.41, 5.74) is 0.862. The van der Waals surface area contributed by atoms with Gasteiger partial charge in [-0.25, -0.2) is 4.79 Å². The molecule has 0 radical (unpaired) electrons. The molecule has 0 spiro atoms. The maximum atomic E-state index is 12.1. The molecule has 3 heterocycles. The molecule has 9 nitrogen and oxygen atoms in total. The van der Waals surface area contributed by atoms with Gasteiger partial charge in [0.05, 0.1) is 13.2 Å². The molecule has 2 aliphatic rings. The summed E-state index contributed by atoms with van der Waals surface area (Å²) in [5.74, 6) is -0.325. The minimum atomic E-state index is -0.657. The molecule has 32 heavy (non-hydrogen) atoms. The van der Waals surface area contributed by atoms with Crippen LogP contribution in [0.3, 0.4) is 0 Å². The van der Waals surface area contributed by atoms with Gasteiger partial charge in [-0.2, -0.15) is 0 Å². The number of H-pyrrole nitrogens is 1. The van der Waals surface area contributed by atoms with Crippen LogP contribution in [0.2, 0.25) is 0 Å². The first kappa shape index (κ1) is 20.6. The first-order chi connectivity index (χ1) is 15.5. The van der Waals surface area contributed by atoms with Crippen LogP contribution in [0, 0.1) is 0 Å². The quantitative estimate of drug-likeness (QED) is 0.583. The molecule has 0 aliphatic carbocycles. The lowest BCUT2D eigenvalue weighted by atomic mass is 10.0. The van der Waals surface area contributed by atoms with Crippen LogP contribution >= 0.6 is 0 Å². The smallest absolute Gasteiger partial charge is 0.330 e. The van der Waals surface area contributed by atoms with Crippen LogP contribution in [-0.4, -0.2) is 40.4 Å². The monoisotopic (exact) mass is 438 g/mol. The number of fused-ring (bicyclic) bond motifs is 3. The standard InChI is InChI=1S/C23H22N2O7/c1-13(26)29-11-16-4-2-3-15-6-5-14(9-17(15)16)10-30-20-18-12-31-21(20)22(32-18)25-8-7-19(27)24-23(25)28/h2-9,18,20-22H,10-12H2,1H3,(H,24,27,28)/t18-,20+,21-,22+/m0/s1. The third-order valence-corrected chi connectivity index (χ3v) is 5.77. The molecule has 0 amide bonds. The number of carbonyl (C=O) groups is 1. The van der Waals surface area contributed by atoms with E-state index in [-0.39, 0.29) is 24.8 Å².